The van der Waals surface area contributed by atoms with Crippen LogP contribution < -0.4 is 5.32 Å². The molecule has 0 spiro atoms. The number of rotatable bonds is 3. The second kappa shape index (κ2) is 4.40. The van der Waals surface area contributed by atoms with Gasteiger partial charge >= 0.3 is 0 Å². The summed E-state index contributed by atoms with van der Waals surface area (Å²) in [6.45, 7) is 1.80. The van der Waals surface area contributed by atoms with Gasteiger partial charge < -0.3 is 14.8 Å². The average Bonchev–Trinajstić information content (AvgIpc) is 2.76. The van der Waals surface area contributed by atoms with Crippen LogP contribution in [0, 0.1) is 0 Å². The molecule has 76 valence electrons. The molecule has 3 nitrogen and oxygen atoms in total. The minimum absolute atomic E-state index is 0.431. The number of methoxy groups -OCH3 is 1. The van der Waals surface area contributed by atoms with E-state index in [0.717, 1.165) is 19.6 Å². The summed E-state index contributed by atoms with van der Waals surface area (Å²) in [5.74, 6) is 0. The van der Waals surface area contributed by atoms with Crippen molar-refractivity contribution in [2.24, 2.45) is 0 Å². The minimum atomic E-state index is 0.431. The molecule has 1 saturated heterocycles. The molecule has 0 bridgehead atoms. The van der Waals surface area contributed by atoms with Crippen LogP contribution in [-0.4, -0.2) is 38.5 Å². The van der Waals surface area contributed by atoms with Crippen molar-refractivity contribution in [3.63, 3.8) is 0 Å². The molecule has 0 aromatic carbocycles. The second-order valence-corrected chi connectivity index (χ2v) is 4.04. The summed E-state index contributed by atoms with van der Waals surface area (Å²) in [5.41, 5.74) is 0. The van der Waals surface area contributed by atoms with E-state index in [1.807, 2.05) is 7.11 Å². The molecule has 1 heterocycles. The molecule has 3 atom stereocenters. The topological polar surface area (TPSA) is 30.5 Å². The van der Waals surface area contributed by atoms with E-state index in [1.165, 1.54) is 19.3 Å². The predicted molar refractivity (Wildman–Crippen MR) is 50.8 cm³/mol. The van der Waals surface area contributed by atoms with Crippen molar-refractivity contribution in [1.29, 1.82) is 0 Å². The van der Waals surface area contributed by atoms with Crippen molar-refractivity contribution < 1.29 is 9.47 Å². The van der Waals surface area contributed by atoms with E-state index in [9.17, 15) is 0 Å². The zero-order valence-electron chi connectivity index (χ0n) is 8.29. The molecule has 1 aliphatic heterocycles. The van der Waals surface area contributed by atoms with Crippen molar-refractivity contribution in [3.05, 3.63) is 0 Å². The monoisotopic (exact) mass is 185 g/mol. The maximum absolute atomic E-state index is 5.43. The van der Waals surface area contributed by atoms with Gasteiger partial charge in [0.1, 0.15) is 0 Å². The van der Waals surface area contributed by atoms with Gasteiger partial charge in [-0.15, -0.1) is 0 Å². The largest absolute Gasteiger partial charge is 0.380 e. The number of ether oxygens (including phenoxy) is 2. The first-order chi connectivity index (χ1) is 6.40. The van der Waals surface area contributed by atoms with Gasteiger partial charge in [0.2, 0.25) is 0 Å². The Kier molecular flexibility index (Phi) is 3.19. The summed E-state index contributed by atoms with van der Waals surface area (Å²) >= 11 is 0. The van der Waals surface area contributed by atoms with Crippen molar-refractivity contribution in [2.45, 2.75) is 43.9 Å². The van der Waals surface area contributed by atoms with E-state index in [-0.39, 0.29) is 0 Å². The summed E-state index contributed by atoms with van der Waals surface area (Å²) in [4.78, 5) is 0. The van der Waals surface area contributed by atoms with Crippen LogP contribution in [0.2, 0.25) is 0 Å². The third kappa shape index (κ3) is 2.22. The van der Waals surface area contributed by atoms with E-state index in [0.29, 0.717) is 18.2 Å². The first kappa shape index (κ1) is 9.44. The minimum Gasteiger partial charge on any atom is -0.380 e. The van der Waals surface area contributed by atoms with Gasteiger partial charge in [-0.05, 0) is 25.7 Å². The second-order valence-electron chi connectivity index (χ2n) is 4.04. The SMILES string of the molecule is CO[C@H]1CCC[C@@H]1NC1CCOC1. The van der Waals surface area contributed by atoms with Crippen LogP contribution >= 0.6 is 0 Å². The molecule has 1 saturated carbocycles. The number of hydrogen-bond donors (Lipinski definition) is 1. The van der Waals surface area contributed by atoms with Crippen molar-refractivity contribution >= 4 is 0 Å². The summed E-state index contributed by atoms with van der Waals surface area (Å²) in [7, 11) is 1.82. The summed E-state index contributed by atoms with van der Waals surface area (Å²) in [5, 5.41) is 3.63. The van der Waals surface area contributed by atoms with Crippen LogP contribution in [0.25, 0.3) is 0 Å². The molecule has 3 heteroatoms. The zero-order valence-corrected chi connectivity index (χ0v) is 8.29. The van der Waals surface area contributed by atoms with E-state index in [1.54, 1.807) is 0 Å². The Labute approximate surface area is 79.8 Å². The third-order valence-electron chi connectivity index (χ3n) is 3.13. The van der Waals surface area contributed by atoms with Crippen molar-refractivity contribution in [1.82, 2.24) is 5.32 Å². The Morgan fingerprint density at radius 3 is 2.92 bits per heavy atom. The number of hydrogen-bond acceptors (Lipinski definition) is 3. The van der Waals surface area contributed by atoms with E-state index in [2.05, 4.69) is 5.32 Å². The lowest BCUT2D eigenvalue weighted by molar-refractivity contribution is 0.0800. The fraction of sp³-hybridized carbons (Fsp3) is 1.00. The van der Waals surface area contributed by atoms with Gasteiger partial charge in [-0.25, -0.2) is 0 Å². The Morgan fingerprint density at radius 2 is 2.23 bits per heavy atom. The fourth-order valence-electron chi connectivity index (χ4n) is 2.37. The third-order valence-corrected chi connectivity index (χ3v) is 3.13. The summed E-state index contributed by atoms with van der Waals surface area (Å²) in [6, 6.07) is 1.14. The lowest BCUT2D eigenvalue weighted by atomic mass is 10.1. The van der Waals surface area contributed by atoms with Gasteiger partial charge in [0.25, 0.3) is 0 Å². The lowest BCUT2D eigenvalue weighted by Gasteiger charge is -2.22. The summed E-state index contributed by atoms with van der Waals surface area (Å²) < 4.78 is 10.8. The summed E-state index contributed by atoms with van der Waals surface area (Å²) in [6.07, 6.45) is 5.36. The van der Waals surface area contributed by atoms with Gasteiger partial charge in [0.15, 0.2) is 0 Å². The van der Waals surface area contributed by atoms with Crippen LogP contribution in [-0.2, 0) is 9.47 Å². The fourth-order valence-corrected chi connectivity index (χ4v) is 2.37. The molecular weight excluding hydrogens is 166 g/mol. The van der Waals surface area contributed by atoms with Gasteiger partial charge in [-0.1, -0.05) is 0 Å². The van der Waals surface area contributed by atoms with Crippen LogP contribution in [0.15, 0.2) is 0 Å². The Hall–Kier alpha value is -0.120. The standard InChI is InChI=1S/C10H19NO2/c1-12-10-4-2-3-9(10)11-8-5-6-13-7-8/h8-11H,2-7H2,1H3/t8?,9-,10-/m0/s1. The smallest absolute Gasteiger partial charge is 0.0724 e. The molecule has 2 aliphatic rings. The van der Waals surface area contributed by atoms with Gasteiger partial charge in [-0.3, -0.25) is 0 Å². The van der Waals surface area contributed by atoms with E-state index in [4.69, 9.17) is 9.47 Å². The molecule has 2 rings (SSSR count). The highest BCUT2D eigenvalue weighted by atomic mass is 16.5. The molecule has 0 aromatic rings. The maximum atomic E-state index is 5.43. The van der Waals surface area contributed by atoms with Crippen LogP contribution in [0.3, 0.4) is 0 Å². The van der Waals surface area contributed by atoms with Gasteiger partial charge in [0, 0.05) is 25.8 Å². The van der Waals surface area contributed by atoms with Gasteiger partial charge in [-0.2, -0.15) is 0 Å². The molecule has 1 unspecified atom stereocenters. The quantitative estimate of drug-likeness (QED) is 0.709. The Balaban J connectivity index is 1.79. The van der Waals surface area contributed by atoms with Crippen LogP contribution in [0.4, 0.5) is 0 Å². The van der Waals surface area contributed by atoms with Gasteiger partial charge in [0.05, 0.1) is 12.7 Å². The first-order valence-corrected chi connectivity index (χ1v) is 5.26. The highest BCUT2D eigenvalue weighted by Gasteiger charge is 2.29. The van der Waals surface area contributed by atoms with Crippen LogP contribution in [0.5, 0.6) is 0 Å². The van der Waals surface area contributed by atoms with Crippen LogP contribution in [0.1, 0.15) is 25.7 Å². The Bertz CT molecular complexity index is 157. The molecule has 0 radical (unpaired) electrons. The predicted octanol–water partition coefficient (Wildman–Crippen LogP) is 0.932. The van der Waals surface area contributed by atoms with Crippen molar-refractivity contribution in [2.75, 3.05) is 20.3 Å². The molecule has 1 N–H and O–H groups in total. The molecule has 2 fully saturated rings. The molecule has 13 heavy (non-hydrogen) atoms. The normalized spacial score (nSPS) is 39.9. The maximum Gasteiger partial charge on any atom is 0.0724 e. The average molecular weight is 185 g/mol. The molecular formula is C10H19NO2. The number of nitrogens with one attached hydrogen (secondary N) is 1. The van der Waals surface area contributed by atoms with Crippen molar-refractivity contribution in [3.8, 4) is 0 Å². The highest BCUT2D eigenvalue weighted by Crippen LogP contribution is 2.22. The Morgan fingerprint density at radius 1 is 1.31 bits per heavy atom. The lowest BCUT2D eigenvalue weighted by Crippen LogP contribution is -2.43. The molecule has 0 aromatic heterocycles. The van der Waals surface area contributed by atoms with E-state index < -0.39 is 0 Å². The highest BCUT2D eigenvalue weighted by molar-refractivity contribution is 4.87. The first-order valence-electron chi connectivity index (χ1n) is 5.26. The molecule has 0 amide bonds. The zero-order chi connectivity index (χ0) is 9.10. The molecule has 1 aliphatic carbocycles. The van der Waals surface area contributed by atoms with E-state index >= 15 is 0 Å².